The maximum Gasteiger partial charge on any atom is 0.433 e. The van der Waals surface area contributed by atoms with Gasteiger partial charge in [-0.2, -0.15) is 13.2 Å². The zero-order valence-electron chi connectivity index (χ0n) is 11.9. The average Bonchev–Trinajstić information content (AvgIpc) is 2.96. The first-order valence-corrected chi connectivity index (χ1v) is 6.91. The van der Waals surface area contributed by atoms with E-state index in [-0.39, 0.29) is 17.5 Å². The lowest BCUT2D eigenvalue weighted by molar-refractivity contribution is -0.141. The molecule has 0 amide bonds. The van der Waals surface area contributed by atoms with Crippen molar-refractivity contribution in [1.82, 2.24) is 15.2 Å². The lowest BCUT2D eigenvalue weighted by Crippen LogP contribution is -2.15. The van der Waals surface area contributed by atoms with Crippen molar-refractivity contribution in [3.05, 3.63) is 29.4 Å². The fraction of sp³-hybridized carbons (Fsp3) is 0.500. The van der Waals surface area contributed by atoms with E-state index in [1.165, 1.54) is 13.0 Å². The highest BCUT2D eigenvalue weighted by Crippen LogP contribution is 2.31. The molecule has 3 rings (SSSR count). The molecule has 0 saturated carbocycles. The second-order valence-electron chi connectivity index (χ2n) is 5.19. The summed E-state index contributed by atoms with van der Waals surface area (Å²) in [5.74, 6) is 0.672. The third-order valence-corrected chi connectivity index (χ3v) is 3.56. The Kier molecular flexibility index (Phi) is 3.86. The number of halogens is 3. The predicted octanol–water partition coefficient (Wildman–Crippen LogP) is 3.35. The van der Waals surface area contributed by atoms with Crippen molar-refractivity contribution in [2.24, 2.45) is 0 Å². The normalized spacial score (nSPS) is 19.4. The van der Waals surface area contributed by atoms with E-state index in [0.29, 0.717) is 18.1 Å². The molecular weight excluding hydrogens is 299 g/mol. The average molecular weight is 313 g/mol. The lowest BCUT2D eigenvalue weighted by Gasteiger charge is -2.18. The van der Waals surface area contributed by atoms with Crippen LogP contribution in [0, 0.1) is 6.92 Å². The van der Waals surface area contributed by atoms with Crippen LogP contribution in [0.25, 0.3) is 11.5 Å². The van der Waals surface area contributed by atoms with E-state index in [1.54, 1.807) is 0 Å². The van der Waals surface area contributed by atoms with E-state index >= 15 is 0 Å². The summed E-state index contributed by atoms with van der Waals surface area (Å²) in [4.78, 5) is 3.57. The summed E-state index contributed by atoms with van der Waals surface area (Å²) in [5, 5.41) is 7.90. The van der Waals surface area contributed by atoms with Gasteiger partial charge in [0, 0.05) is 6.61 Å². The quantitative estimate of drug-likeness (QED) is 0.851. The number of ether oxygens (including phenoxy) is 1. The summed E-state index contributed by atoms with van der Waals surface area (Å²) < 4.78 is 48.8. The van der Waals surface area contributed by atoms with E-state index in [0.717, 1.165) is 25.5 Å². The molecule has 1 atom stereocenters. The Morgan fingerprint density at radius 3 is 2.68 bits per heavy atom. The van der Waals surface area contributed by atoms with Crippen LogP contribution >= 0.6 is 0 Å². The fourth-order valence-corrected chi connectivity index (χ4v) is 2.39. The van der Waals surface area contributed by atoms with E-state index in [9.17, 15) is 13.2 Å². The minimum atomic E-state index is -4.47. The molecule has 8 heteroatoms. The van der Waals surface area contributed by atoms with Crippen LogP contribution < -0.4 is 0 Å². The van der Waals surface area contributed by atoms with E-state index in [4.69, 9.17) is 9.15 Å². The number of aryl methyl sites for hydroxylation is 1. The van der Waals surface area contributed by atoms with Crippen molar-refractivity contribution in [1.29, 1.82) is 0 Å². The maximum absolute atomic E-state index is 12.6. The zero-order chi connectivity index (χ0) is 15.7. The molecule has 118 valence electrons. The van der Waals surface area contributed by atoms with Crippen molar-refractivity contribution in [2.75, 3.05) is 13.2 Å². The number of aromatic nitrogens is 3. The number of hydrogen-bond donors (Lipinski definition) is 0. The van der Waals surface area contributed by atoms with Crippen LogP contribution in [-0.4, -0.2) is 28.4 Å². The van der Waals surface area contributed by atoms with Gasteiger partial charge in [0.15, 0.2) is 0 Å². The van der Waals surface area contributed by atoms with Crippen molar-refractivity contribution < 1.29 is 22.3 Å². The van der Waals surface area contributed by atoms with Gasteiger partial charge in [-0.25, -0.2) is 4.98 Å². The number of alkyl halides is 3. The van der Waals surface area contributed by atoms with Gasteiger partial charge in [-0.3, -0.25) is 0 Å². The highest BCUT2D eigenvalue weighted by molar-refractivity contribution is 5.55. The van der Waals surface area contributed by atoms with Gasteiger partial charge in [-0.1, -0.05) is 0 Å². The van der Waals surface area contributed by atoms with Gasteiger partial charge in [0.2, 0.25) is 11.8 Å². The maximum atomic E-state index is 12.6. The molecule has 3 heterocycles. The van der Waals surface area contributed by atoms with Crippen molar-refractivity contribution in [3.63, 3.8) is 0 Å². The Hall–Kier alpha value is -1.96. The molecule has 0 bridgehead atoms. The van der Waals surface area contributed by atoms with Gasteiger partial charge in [-0.15, -0.1) is 10.2 Å². The third kappa shape index (κ3) is 2.96. The highest BCUT2D eigenvalue weighted by Gasteiger charge is 2.33. The van der Waals surface area contributed by atoms with Gasteiger partial charge >= 0.3 is 6.18 Å². The zero-order valence-corrected chi connectivity index (χ0v) is 11.9. The second kappa shape index (κ2) is 5.68. The summed E-state index contributed by atoms with van der Waals surface area (Å²) in [6.07, 6.45) is -2.65. The summed E-state index contributed by atoms with van der Waals surface area (Å²) in [6.45, 7) is 2.73. The van der Waals surface area contributed by atoms with Crippen molar-refractivity contribution >= 4 is 0 Å². The highest BCUT2D eigenvalue weighted by atomic mass is 19.4. The molecule has 0 aliphatic carbocycles. The molecular formula is C14H14F3N3O2. The molecule has 1 saturated heterocycles. The largest absolute Gasteiger partial charge is 0.433 e. The molecule has 0 radical (unpaired) electrons. The molecule has 1 unspecified atom stereocenters. The van der Waals surface area contributed by atoms with E-state index in [1.807, 2.05) is 0 Å². The van der Waals surface area contributed by atoms with Crippen LogP contribution in [0.1, 0.15) is 36.0 Å². The van der Waals surface area contributed by atoms with Crippen LogP contribution in [-0.2, 0) is 10.9 Å². The van der Waals surface area contributed by atoms with Crippen LogP contribution in [0.2, 0.25) is 0 Å². The number of pyridine rings is 1. The topological polar surface area (TPSA) is 61.0 Å². The first-order valence-electron chi connectivity index (χ1n) is 6.91. The summed E-state index contributed by atoms with van der Waals surface area (Å²) in [7, 11) is 0. The molecule has 0 spiro atoms. The molecule has 0 N–H and O–H groups in total. The summed E-state index contributed by atoms with van der Waals surface area (Å²) in [5.41, 5.74) is -0.331. The van der Waals surface area contributed by atoms with Gasteiger partial charge in [-0.05, 0) is 31.9 Å². The molecule has 22 heavy (non-hydrogen) atoms. The van der Waals surface area contributed by atoms with Crippen LogP contribution in [0.15, 0.2) is 16.5 Å². The fourth-order valence-electron chi connectivity index (χ4n) is 2.39. The van der Waals surface area contributed by atoms with E-state index < -0.39 is 11.9 Å². The second-order valence-corrected chi connectivity index (χ2v) is 5.19. The van der Waals surface area contributed by atoms with Crippen LogP contribution in [0.3, 0.4) is 0 Å². The first kappa shape index (κ1) is 15.0. The molecule has 0 aromatic carbocycles. The van der Waals surface area contributed by atoms with E-state index in [2.05, 4.69) is 15.2 Å². The smallest absolute Gasteiger partial charge is 0.420 e. The Bertz CT molecular complexity index is 664. The standard InChI is InChI=1S/C14H14F3N3O2/c1-8-10(4-5-11(18-8)14(15,16)17)13-20-19-12(22-13)9-3-2-6-21-7-9/h4-5,9H,2-3,6-7H2,1H3. The first-order chi connectivity index (χ1) is 10.4. The van der Waals surface area contributed by atoms with Crippen LogP contribution in [0.5, 0.6) is 0 Å². The van der Waals surface area contributed by atoms with Crippen molar-refractivity contribution in [3.8, 4) is 11.5 Å². The minimum absolute atomic E-state index is 0.0395. The molecule has 1 fully saturated rings. The molecule has 2 aromatic heterocycles. The number of rotatable bonds is 2. The summed E-state index contributed by atoms with van der Waals surface area (Å²) >= 11 is 0. The van der Waals surface area contributed by atoms with Gasteiger partial charge in [0.1, 0.15) is 5.69 Å². The molecule has 2 aromatic rings. The Balaban J connectivity index is 1.87. The number of nitrogens with zero attached hydrogens (tertiary/aromatic N) is 3. The predicted molar refractivity (Wildman–Crippen MR) is 70.1 cm³/mol. The molecule has 1 aliphatic rings. The van der Waals surface area contributed by atoms with Gasteiger partial charge in [0.25, 0.3) is 0 Å². The Morgan fingerprint density at radius 1 is 1.23 bits per heavy atom. The minimum Gasteiger partial charge on any atom is -0.420 e. The van der Waals surface area contributed by atoms with Gasteiger partial charge < -0.3 is 9.15 Å². The van der Waals surface area contributed by atoms with Crippen LogP contribution in [0.4, 0.5) is 13.2 Å². The SMILES string of the molecule is Cc1nc(C(F)(F)F)ccc1-c1nnc(C2CCCOC2)o1. The van der Waals surface area contributed by atoms with Gasteiger partial charge in [0.05, 0.1) is 23.8 Å². The Labute approximate surface area is 124 Å². The Morgan fingerprint density at radius 2 is 2.05 bits per heavy atom. The molecule has 5 nitrogen and oxygen atoms in total. The molecule has 1 aliphatic heterocycles. The lowest BCUT2D eigenvalue weighted by atomic mass is 10.0. The monoisotopic (exact) mass is 313 g/mol. The number of hydrogen-bond acceptors (Lipinski definition) is 5. The summed E-state index contributed by atoms with van der Waals surface area (Å²) in [6, 6.07) is 2.22. The van der Waals surface area contributed by atoms with Crippen molar-refractivity contribution in [2.45, 2.75) is 31.9 Å². The third-order valence-electron chi connectivity index (χ3n) is 3.56.